The van der Waals surface area contributed by atoms with Gasteiger partial charge in [0, 0.05) is 18.9 Å². The minimum Gasteiger partial charge on any atom is -0.497 e. The Hall–Kier alpha value is -3.80. The number of nitrogens with zero attached hydrogens (tertiary/aromatic N) is 3. The molecule has 0 aliphatic carbocycles. The first-order valence-corrected chi connectivity index (χ1v) is 11.7. The number of para-hydroxylation sites is 2. The molecule has 2 heterocycles. The minimum atomic E-state index is 0.0370. The van der Waals surface area contributed by atoms with Crippen LogP contribution in [0.1, 0.15) is 36.7 Å². The molecule has 34 heavy (non-hydrogen) atoms. The van der Waals surface area contributed by atoms with E-state index in [-0.39, 0.29) is 17.9 Å². The van der Waals surface area contributed by atoms with Gasteiger partial charge in [-0.3, -0.25) is 4.79 Å². The molecule has 0 saturated carbocycles. The Morgan fingerprint density at radius 1 is 0.971 bits per heavy atom. The van der Waals surface area contributed by atoms with Crippen molar-refractivity contribution in [2.24, 2.45) is 0 Å². The molecular formula is C28H29N3O3. The molecule has 1 fully saturated rings. The first kappa shape index (κ1) is 22.0. The number of hydrogen-bond acceptors (Lipinski definition) is 4. The summed E-state index contributed by atoms with van der Waals surface area (Å²) in [5.41, 5.74) is 3.17. The molecule has 2 unspecified atom stereocenters. The van der Waals surface area contributed by atoms with Crippen LogP contribution >= 0.6 is 0 Å². The van der Waals surface area contributed by atoms with Crippen molar-refractivity contribution in [2.45, 2.75) is 31.8 Å². The summed E-state index contributed by atoms with van der Waals surface area (Å²) in [6.07, 6.45) is 0.472. The van der Waals surface area contributed by atoms with Crippen molar-refractivity contribution in [2.75, 3.05) is 20.3 Å². The summed E-state index contributed by atoms with van der Waals surface area (Å²) in [5.74, 6) is 2.78. The Morgan fingerprint density at radius 3 is 2.44 bits per heavy atom. The Kier molecular flexibility index (Phi) is 6.21. The maximum atomic E-state index is 13.0. The molecule has 1 aliphatic rings. The molecule has 1 amide bonds. The van der Waals surface area contributed by atoms with Gasteiger partial charge in [-0.25, -0.2) is 4.98 Å². The van der Waals surface area contributed by atoms with Gasteiger partial charge >= 0.3 is 0 Å². The molecule has 2 atom stereocenters. The summed E-state index contributed by atoms with van der Waals surface area (Å²) in [4.78, 5) is 19.9. The molecule has 6 nitrogen and oxygen atoms in total. The summed E-state index contributed by atoms with van der Waals surface area (Å²) < 4.78 is 13.4. The first-order chi connectivity index (χ1) is 16.6. The van der Waals surface area contributed by atoms with Crippen molar-refractivity contribution in [1.82, 2.24) is 14.5 Å². The highest BCUT2D eigenvalue weighted by molar-refractivity contribution is 5.81. The lowest BCUT2D eigenvalue weighted by atomic mass is 10.1. The van der Waals surface area contributed by atoms with Gasteiger partial charge in [-0.05, 0) is 48.9 Å². The fourth-order valence-corrected chi connectivity index (χ4v) is 4.76. The number of methoxy groups -OCH3 is 1. The van der Waals surface area contributed by atoms with Crippen molar-refractivity contribution in [3.63, 3.8) is 0 Å². The summed E-state index contributed by atoms with van der Waals surface area (Å²) >= 11 is 0. The summed E-state index contributed by atoms with van der Waals surface area (Å²) in [6.45, 7) is 3.92. The third-order valence-corrected chi connectivity index (χ3v) is 6.60. The van der Waals surface area contributed by atoms with Crippen LogP contribution in [0.2, 0.25) is 0 Å². The maximum Gasteiger partial charge on any atom is 0.223 e. The van der Waals surface area contributed by atoms with Gasteiger partial charge in [0.15, 0.2) is 0 Å². The molecule has 4 aromatic rings. The second kappa shape index (κ2) is 9.59. The summed E-state index contributed by atoms with van der Waals surface area (Å²) in [6, 6.07) is 26.0. The van der Waals surface area contributed by atoms with Crippen LogP contribution < -0.4 is 9.47 Å². The number of carbonyl (C=O) groups excluding carboxylic acids is 1. The number of likely N-dealkylation sites (tertiary alicyclic amines) is 1. The van der Waals surface area contributed by atoms with Gasteiger partial charge < -0.3 is 18.9 Å². The summed E-state index contributed by atoms with van der Waals surface area (Å²) in [7, 11) is 1.65. The van der Waals surface area contributed by atoms with E-state index in [9.17, 15) is 4.79 Å². The van der Waals surface area contributed by atoms with Crippen LogP contribution in [0.15, 0.2) is 78.9 Å². The summed E-state index contributed by atoms with van der Waals surface area (Å²) in [5, 5.41) is 0. The number of carbonyl (C=O) groups is 1. The largest absolute Gasteiger partial charge is 0.497 e. The van der Waals surface area contributed by atoms with E-state index in [0.717, 1.165) is 33.9 Å². The van der Waals surface area contributed by atoms with E-state index in [4.69, 9.17) is 14.5 Å². The number of amides is 1. The van der Waals surface area contributed by atoms with Gasteiger partial charge in [-0.2, -0.15) is 0 Å². The minimum absolute atomic E-state index is 0.0370. The number of rotatable bonds is 8. The molecule has 0 bridgehead atoms. The molecule has 1 saturated heterocycles. The average Bonchev–Trinajstić information content (AvgIpc) is 3.45. The van der Waals surface area contributed by atoms with Crippen LogP contribution in [0.4, 0.5) is 0 Å². The molecular weight excluding hydrogens is 426 g/mol. The van der Waals surface area contributed by atoms with Crippen LogP contribution in [-0.4, -0.2) is 40.6 Å². The van der Waals surface area contributed by atoms with Crippen LogP contribution in [0, 0.1) is 0 Å². The highest BCUT2D eigenvalue weighted by atomic mass is 16.5. The zero-order chi connectivity index (χ0) is 23.5. The van der Waals surface area contributed by atoms with Gasteiger partial charge in [0.05, 0.1) is 30.7 Å². The van der Waals surface area contributed by atoms with E-state index in [1.165, 1.54) is 0 Å². The predicted molar refractivity (Wildman–Crippen MR) is 132 cm³/mol. The third kappa shape index (κ3) is 4.36. The number of hydrogen-bond donors (Lipinski definition) is 0. The van der Waals surface area contributed by atoms with Gasteiger partial charge in [-0.15, -0.1) is 0 Å². The van der Waals surface area contributed by atoms with Gasteiger partial charge in [0.2, 0.25) is 5.91 Å². The molecule has 0 spiro atoms. The normalized spacial score (nSPS) is 16.7. The average molecular weight is 456 g/mol. The Morgan fingerprint density at radius 2 is 1.68 bits per heavy atom. The van der Waals surface area contributed by atoms with Crippen molar-refractivity contribution < 1.29 is 14.3 Å². The Balaban J connectivity index is 1.36. The second-order valence-electron chi connectivity index (χ2n) is 8.67. The van der Waals surface area contributed by atoms with E-state index < -0.39 is 0 Å². The smallest absolute Gasteiger partial charge is 0.223 e. The van der Waals surface area contributed by atoms with Gasteiger partial charge in [0.25, 0.3) is 0 Å². The molecule has 5 rings (SSSR count). The number of benzene rings is 3. The van der Waals surface area contributed by atoms with Crippen LogP contribution in [0.5, 0.6) is 11.5 Å². The highest BCUT2D eigenvalue weighted by Crippen LogP contribution is 2.35. The number of aromatic nitrogens is 2. The van der Waals surface area contributed by atoms with Crippen molar-refractivity contribution in [1.29, 1.82) is 0 Å². The third-order valence-electron chi connectivity index (χ3n) is 6.60. The predicted octanol–water partition coefficient (Wildman–Crippen LogP) is 5.20. The quantitative estimate of drug-likeness (QED) is 0.366. The lowest BCUT2D eigenvalue weighted by Gasteiger charge is -2.25. The van der Waals surface area contributed by atoms with Gasteiger partial charge in [-0.1, -0.05) is 42.5 Å². The zero-order valence-electron chi connectivity index (χ0n) is 19.6. The van der Waals surface area contributed by atoms with E-state index in [1.54, 1.807) is 7.11 Å². The van der Waals surface area contributed by atoms with E-state index in [0.29, 0.717) is 26.1 Å². The lowest BCUT2D eigenvalue weighted by molar-refractivity contribution is -0.129. The van der Waals surface area contributed by atoms with Gasteiger partial charge in [0.1, 0.15) is 23.9 Å². The molecule has 1 aromatic heterocycles. The van der Waals surface area contributed by atoms with Crippen LogP contribution in [-0.2, 0) is 11.3 Å². The monoisotopic (exact) mass is 455 g/mol. The standard InChI is InChI=1S/C28H29N3O3/c1-20(21-8-4-3-5-9-21)31-19-22(18-27(31)32)28-29-25-10-6-7-11-26(25)30(28)16-17-34-24-14-12-23(33-2)13-15-24/h3-15,20,22H,16-19H2,1-2H3. The van der Waals surface area contributed by atoms with E-state index in [2.05, 4.69) is 29.7 Å². The highest BCUT2D eigenvalue weighted by Gasteiger charge is 2.36. The maximum absolute atomic E-state index is 13.0. The van der Waals surface area contributed by atoms with E-state index >= 15 is 0 Å². The fraction of sp³-hybridized carbons (Fsp3) is 0.286. The number of fused-ring (bicyclic) bond motifs is 1. The first-order valence-electron chi connectivity index (χ1n) is 11.7. The second-order valence-corrected chi connectivity index (χ2v) is 8.67. The molecule has 3 aromatic carbocycles. The number of imidazole rings is 1. The Bertz CT molecular complexity index is 1270. The molecule has 0 N–H and O–H groups in total. The fourth-order valence-electron chi connectivity index (χ4n) is 4.76. The molecule has 174 valence electrons. The number of ether oxygens (including phenoxy) is 2. The van der Waals surface area contributed by atoms with Crippen molar-refractivity contribution in [3.8, 4) is 11.5 Å². The van der Waals surface area contributed by atoms with Crippen LogP contribution in [0.3, 0.4) is 0 Å². The van der Waals surface area contributed by atoms with E-state index in [1.807, 2.05) is 65.6 Å². The van der Waals surface area contributed by atoms with Crippen molar-refractivity contribution in [3.05, 3.63) is 90.3 Å². The Labute approximate surface area is 199 Å². The SMILES string of the molecule is COc1ccc(OCCn2c(C3CC(=O)N(C(C)c4ccccc4)C3)nc3ccccc32)cc1. The molecule has 0 radical (unpaired) electrons. The molecule has 6 heteroatoms. The van der Waals surface area contributed by atoms with Crippen molar-refractivity contribution >= 4 is 16.9 Å². The molecule has 1 aliphatic heterocycles. The topological polar surface area (TPSA) is 56.6 Å². The van der Waals surface area contributed by atoms with Crippen LogP contribution in [0.25, 0.3) is 11.0 Å². The lowest BCUT2D eigenvalue weighted by Crippen LogP contribution is -2.28. The zero-order valence-corrected chi connectivity index (χ0v) is 19.6.